The van der Waals surface area contributed by atoms with Crippen LogP contribution >= 0.6 is 0 Å². The lowest BCUT2D eigenvalue weighted by molar-refractivity contribution is -0.384. The van der Waals surface area contributed by atoms with Crippen LogP contribution < -0.4 is 14.9 Å². The van der Waals surface area contributed by atoms with Gasteiger partial charge >= 0.3 is 11.9 Å². The number of nitro groups is 1. The standard InChI is InChI=1S/C30H30N4O8/c1-5-39-30(36)21(4)41-27-14-10-24(34(37)38)16-22(27)17-31-32-29(35)28-15-13-26(42-28)18-40-25-11-8-23(9-12-25)33-19(2)6-7-20(33)3/h6-17,21H,5,18H2,1-4H3,(H,32,35)/b31-17+/t21-/m0/s1. The fraction of sp³-hybridized carbons (Fsp3) is 0.233. The summed E-state index contributed by atoms with van der Waals surface area (Å²) in [7, 11) is 0. The number of nitro benzene ring substituents is 1. The second-order valence-corrected chi connectivity index (χ2v) is 9.19. The molecule has 0 saturated heterocycles. The molecule has 0 radical (unpaired) electrons. The molecule has 0 aliphatic heterocycles. The van der Waals surface area contributed by atoms with Gasteiger partial charge in [0.15, 0.2) is 11.9 Å². The average molecular weight is 575 g/mol. The Labute approximate surface area is 241 Å². The van der Waals surface area contributed by atoms with Crippen LogP contribution in [0.3, 0.4) is 0 Å². The predicted molar refractivity (Wildman–Crippen MR) is 153 cm³/mol. The summed E-state index contributed by atoms with van der Waals surface area (Å²) in [6, 6.07) is 18.6. The first kappa shape index (κ1) is 29.6. The van der Waals surface area contributed by atoms with Crippen molar-refractivity contribution in [2.24, 2.45) is 5.10 Å². The number of benzene rings is 2. The number of rotatable bonds is 12. The van der Waals surface area contributed by atoms with Crippen molar-refractivity contribution in [2.75, 3.05) is 6.61 Å². The van der Waals surface area contributed by atoms with Gasteiger partial charge in [0.25, 0.3) is 5.69 Å². The van der Waals surface area contributed by atoms with Crippen molar-refractivity contribution in [3.8, 4) is 17.2 Å². The molecular formula is C30H30N4O8. The second kappa shape index (κ2) is 13.3. The summed E-state index contributed by atoms with van der Waals surface area (Å²) in [5.74, 6) is -0.0432. The van der Waals surface area contributed by atoms with Crippen LogP contribution in [0.4, 0.5) is 5.69 Å². The molecule has 0 spiro atoms. The number of carbonyl (C=O) groups excluding carboxylic acids is 2. The van der Waals surface area contributed by atoms with Crippen LogP contribution in [-0.4, -0.2) is 40.3 Å². The van der Waals surface area contributed by atoms with E-state index in [1.165, 1.54) is 37.4 Å². The van der Waals surface area contributed by atoms with Crippen molar-refractivity contribution in [1.82, 2.24) is 9.99 Å². The summed E-state index contributed by atoms with van der Waals surface area (Å²) in [6.45, 7) is 7.52. The smallest absolute Gasteiger partial charge is 0.347 e. The Morgan fingerprint density at radius 1 is 1.07 bits per heavy atom. The Morgan fingerprint density at radius 3 is 2.45 bits per heavy atom. The molecule has 4 rings (SSSR count). The molecule has 0 fully saturated rings. The first-order chi connectivity index (χ1) is 20.2. The number of carbonyl (C=O) groups is 2. The Hall–Kier alpha value is -5.39. The highest BCUT2D eigenvalue weighted by Crippen LogP contribution is 2.24. The summed E-state index contributed by atoms with van der Waals surface area (Å²) in [5, 5.41) is 15.1. The molecule has 1 atom stereocenters. The van der Waals surface area contributed by atoms with Crippen molar-refractivity contribution in [3.63, 3.8) is 0 Å². The summed E-state index contributed by atoms with van der Waals surface area (Å²) in [5.41, 5.74) is 5.55. The number of nitrogens with one attached hydrogen (secondary N) is 1. The molecule has 0 aliphatic carbocycles. The van der Waals surface area contributed by atoms with Gasteiger partial charge in [-0.25, -0.2) is 10.2 Å². The number of furan rings is 1. The van der Waals surface area contributed by atoms with E-state index in [9.17, 15) is 19.7 Å². The van der Waals surface area contributed by atoms with E-state index in [4.69, 9.17) is 18.6 Å². The Bertz CT molecular complexity index is 1580. The van der Waals surface area contributed by atoms with E-state index < -0.39 is 22.9 Å². The third-order valence-electron chi connectivity index (χ3n) is 6.13. The minimum absolute atomic E-state index is 0.00824. The number of nitrogens with zero attached hydrogens (tertiary/aromatic N) is 3. The monoisotopic (exact) mass is 574 g/mol. The van der Waals surface area contributed by atoms with Gasteiger partial charge in [0.2, 0.25) is 0 Å². The molecular weight excluding hydrogens is 544 g/mol. The first-order valence-electron chi connectivity index (χ1n) is 13.1. The Balaban J connectivity index is 1.36. The average Bonchev–Trinajstić information content (AvgIpc) is 3.59. The van der Waals surface area contributed by atoms with Crippen molar-refractivity contribution in [3.05, 3.63) is 105 Å². The maximum absolute atomic E-state index is 12.6. The molecule has 0 bridgehead atoms. The molecule has 0 aliphatic rings. The molecule has 1 N–H and O–H groups in total. The number of esters is 1. The molecule has 2 heterocycles. The zero-order chi connectivity index (χ0) is 30.2. The van der Waals surface area contributed by atoms with E-state index in [2.05, 4.69) is 27.2 Å². The lowest BCUT2D eigenvalue weighted by Gasteiger charge is -2.14. The van der Waals surface area contributed by atoms with Crippen LogP contribution in [0.25, 0.3) is 5.69 Å². The van der Waals surface area contributed by atoms with E-state index >= 15 is 0 Å². The second-order valence-electron chi connectivity index (χ2n) is 9.19. The third kappa shape index (κ3) is 7.22. The van der Waals surface area contributed by atoms with Crippen LogP contribution in [0.1, 0.15) is 47.1 Å². The molecule has 2 aromatic carbocycles. The molecule has 0 saturated carbocycles. The first-order valence-corrected chi connectivity index (χ1v) is 13.1. The van der Waals surface area contributed by atoms with Gasteiger partial charge in [-0.3, -0.25) is 14.9 Å². The van der Waals surface area contributed by atoms with E-state index in [1.54, 1.807) is 13.0 Å². The van der Waals surface area contributed by atoms with E-state index in [-0.39, 0.29) is 36.0 Å². The van der Waals surface area contributed by atoms with Crippen LogP contribution in [0.5, 0.6) is 11.5 Å². The number of ether oxygens (including phenoxy) is 3. The molecule has 0 unspecified atom stereocenters. The minimum Gasteiger partial charge on any atom is -0.486 e. The lowest BCUT2D eigenvalue weighted by Crippen LogP contribution is -2.26. The number of hydrazone groups is 1. The van der Waals surface area contributed by atoms with Gasteiger partial charge in [-0.2, -0.15) is 5.10 Å². The van der Waals surface area contributed by atoms with Gasteiger partial charge in [0, 0.05) is 34.8 Å². The van der Waals surface area contributed by atoms with Crippen molar-refractivity contribution in [2.45, 2.75) is 40.4 Å². The maximum Gasteiger partial charge on any atom is 0.347 e. The summed E-state index contributed by atoms with van der Waals surface area (Å²) in [6.07, 6.45) is 0.202. The van der Waals surface area contributed by atoms with Gasteiger partial charge in [-0.15, -0.1) is 0 Å². The largest absolute Gasteiger partial charge is 0.486 e. The van der Waals surface area contributed by atoms with Gasteiger partial charge in [0.1, 0.15) is 23.9 Å². The van der Waals surface area contributed by atoms with Crippen molar-refractivity contribution >= 4 is 23.8 Å². The van der Waals surface area contributed by atoms with Crippen LogP contribution in [-0.2, 0) is 16.1 Å². The zero-order valence-corrected chi connectivity index (χ0v) is 23.5. The number of amides is 1. The molecule has 12 heteroatoms. The SMILES string of the molecule is CCOC(=O)[C@H](C)Oc1ccc([N+](=O)[O-])cc1/C=N/NC(=O)c1ccc(COc2ccc(-n3c(C)ccc3C)cc2)o1. The van der Waals surface area contributed by atoms with Gasteiger partial charge in [-0.1, -0.05) is 0 Å². The van der Waals surface area contributed by atoms with Gasteiger partial charge in [0.05, 0.1) is 17.7 Å². The molecule has 12 nitrogen and oxygen atoms in total. The number of aryl methyl sites for hydroxylation is 2. The highest BCUT2D eigenvalue weighted by atomic mass is 16.6. The molecule has 2 aromatic heterocycles. The zero-order valence-electron chi connectivity index (χ0n) is 23.5. The summed E-state index contributed by atoms with van der Waals surface area (Å²) < 4.78 is 24.0. The van der Waals surface area contributed by atoms with Crippen molar-refractivity contribution < 1.29 is 33.1 Å². The number of non-ortho nitro benzene ring substituents is 1. The van der Waals surface area contributed by atoms with Gasteiger partial charge < -0.3 is 23.2 Å². The van der Waals surface area contributed by atoms with E-state index in [0.717, 1.165) is 17.1 Å². The normalized spacial score (nSPS) is 11.7. The molecule has 42 heavy (non-hydrogen) atoms. The molecule has 1 amide bonds. The quantitative estimate of drug-likeness (QED) is 0.104. The summed E-state index contributed by atoms with van der Waals surface area (Å²) >= 11 is 0. The Kier molecular flexibility index (Phi) is 9.38. The fourth-order valence-corrected chi connectivity index (χ4v) is 4.07. The van der Waals surface area contributed by atoms with Crippen LogP contribution in [0.15, 0.2) is 76.2 Å². The van der Waals surface area contributed by atoms with Crippen LogP contribution in [0.2, 0.25) is 0 Å². The Morgan fingerprint density at radius 2 is 1.79 bits per heavy atom. The van der Waals surface area contributed by atoms with E-state index in [0.29, 0.717) is 11.5 Å². The van der Waals surface area contributed by atoms with Crippen LogP contribution in [0, 0.1) is 24.0 Å². The number of hydrogen-bond acceptors (Lipinski definition) is 9. The fourth-order valence-electron chi connectivity index (χ4n) is 4.07. The summed E-state index contributed by atoms with van der Waals surface area (Å²) in [4.78, 5) is 35.2. The van der Waals surface area contributed by atoms with E-state index in [1.807, 2.05) is 38.1 Å². The lowest BCUT2D eigenvalue weighted by atomic mass is 10.2. The predicted octanol–water partition coefficient (Wildman–Crippen LogP) is 5.27. The number of hydrogen-bond donors (Lipinski definition) is 1. The number of aromatic nitrogens is 1. The third-order valence-corrected chi connectivity index (χ3v) is 6.13. The minimum atomic E-state index is -0.970. The molecule has 4 aromatic rings. The highest BCUT2D eigenvalue weighted by molar-refractivity contribution is 5.93. The van der Waals surface area contributed by atoms with Gasteiger partial charge in [-0.05, 0) is 82.3 Å². The maximum atomic E-state index is 12.6. The van der Waals surface area contributed by atoms with Crippen molar-refractivity contribution in [1.29, 1.82) is 0 Å². The topological polar surface area (TPSA) is 147 Å². The highest BCUT2D eigenvalue weighted by Gasteiger charge is 2.19. The molecule has 218 valence electrons.